The van der Waals surface area contributed by atoms with Gasteiger partial charge < -0.3 is 5.32 Å². The molecule has 110 valence electrons. The van der Waals surface area contributed by atoms with Crippen molar-refractivity contribution in [1.29, 1.82) is 0 Å². The summed E-state index contributed by atoms with van der Waals surface area (Å²) >= 11 is 6.32. The Labute approximate surface area is 125 Å². The molecule has 3 heteroatoms. The van der Waals surface area contributed by atoms with Crippen molar-refractivity contribution < 1.29 is 4.39 Å². The lowest BCUT2D eigenvalue weighted by atomic mass is 9.46. The maximum atomic E-state index is 14.3. The average Bonchev–Trinajstić information content (AvgIpc) is 2.38. The minimum Gasteiger partial charge on any atom is -0.319 e. The molecule has 1 spiro atoms. The molecule has 2 fully saturated rings. The zero-order valence-corrected chi connectivity index (χ0v) is 12.9. The first kappa shape index (κ1) is 14.3. The first-order chi connectivity index (χ1) is 9.61. The summed E-state index contributed by atoms with van der Waals surface area (Å²) in [5.41, 5.74) is 1.10. The third-order valence-corrected chi connectivity index (χ3v) is 5.66. The highest BCUT2D eigenvalue weighted by atomic mass is 35.5. The van der Waals surface area contributed by atoms with Gasteiger partial charge in [0.25, 0.3) is 0 Å². The third kappa shape index (κ3) is 2.27. The normalized spacial score (nSPS) is 23.6. The summed E-state index contributed by atoms with van der Waals surface area (Å²) in [4.78, 5) is 0. The van der Waals surface area contributed by atoms with Gasteiger partial charge in [-0.25, -0.2) is 4.39 Å². The Morgan fingerprint density at radius 3 is 2.50 bits per heavy atom. The molecule has 0 amide bonds. The fourth-order valence-corrected chi connectivity index (χ4v) is 5.14. The number of likely N-dealkylation sites (N-methyl/N-ethyl adjacent to an activating group) is 1. The van der Waals surface area contributed by atoms with E-state index in [1.54, 1.807) is 12.1 Å². The summed E-state index contributed by atoms with van der Waals surface area (Å²) < 4.78 is 14.3. The predicted octanol–water partition coefficient (Wildman–Crippen LogP) is 4.68. The molecule has 0 bridgehead atoms. The zero-order valence-electron chi connectivity index (χ0n) is 12.1. The molecule has 0 radical (unpaired) electrons. The Balaban J connectivity index is 1.91. The van der Waals surface area contributed by atoms with E-state index in [-0.39, 0.29) is 11.2 Å². The van der Waals surface area contributed by atoms with Crippen molar-refractivity contribution in [2.45, 2.75) is 50.4 Å². The highest BCUT2D eigenvalue weighted by Gasteiger charge is 2.56. The molecule has 0 saturated heterocycles. The van der Waals surface area contributed by atoms with E-state index in [1.807, 2.05) is 13.1 Å². The van der Waals surface area contributed by atoms with Gasteiger partial charge in [-0.1, -0.05) is 36.9 Å². The molecule has 0 unspecified atom stereocenters. The monoisotopic (exact) mass is 295 g/mol. The molecule has 2 saturated carbocycles. The Kier molecular flexibility index (Phi) is 3.81. The molecule has 0 aliphatic heterocycles. The van der Waals surface area contributed by atoms with Gasteiger partial charge in [0.1, 0.15) is 5.82 Å². The van der Waals surface area contributed by atoms with E-state index in [1.165, 1.54) is 32.1 Å². The van der Waals surface area contributed by atoms with Crippen molar-refractivity contribution in [3.05, 3.63) is 34.6 Å². The largest absolute Gasteiger partial charge is 0.319 e. The third-order valence-electron chi connectivity index (χ3n) is 5.35. The lowest BCUT2D eigenvalue weighted by Gasteiger charge is -2.59. The van der Waals surface area contributed by atoms with E-state index in [0.29, 0.717) is 10.4 Å². The molecule has 0 atom stereocenters. The van der Waals surface area contributed by atoms with Crippen molar-refractivity contribution in [3.8, 4) is 0 Å². The fraction of sp³-hybridized carbons (Fsp3) is 0.647. The highest BCUT2D eigenvalue weighted by molar-refractivity contribution is 6.31. The van der Waals surface area contributed by atoms with Crippen LogP contribution in [0.25, 0.3) is 0 Å². The van der Waals surface area contributed by atoms with Gasteiger partial charge >= 0.3 is 0 Å². The van der Waals surface area contributed by atoms with Gasteiger partial charge in [-0.05, 0) is 50.3 Å². The molecule has 2 aliphatic rings. The van der Waals surface area contributed by atoms with E-state index in [2.05, 4.69) is 5.32 Å². The van der Waals surface area contributed by atoms with Crippen LogP contribution in [0.5, 0.6) is 0 Å². The van der Waals surface area contributed by atoms with Gasteiger partial charge in [0, 0.05) is 22.5 Å². The van der Waals surface area contributed by atoms with Gasteiger partial charge in [0.05, 0.1) is 0 Å². The summed E-state index contributed by atoms with van der Waals surface area (Å²) in [6, 6.07) is 5.07. The van der Waals surface area contributed by atoms with Crippen molar-refractivity contribution >= 4 is 11.6 Å². The van der Waals surface area contributed by atoms with Crippen LogP contribution in [0.1, 0.15) is 50.5 Å². The molecular weight excluding hydrogens is 273 g/mol. The number of nitrogens with one attached hydrogen (secondary N) is 1. The SMILES string of the molecule is CNCC1(c2c(F)cccc2Cl)CC2(CCCCC2)C1. The van der Waals surface area contributed by atoms with E-state index in [4.69, 9.17) is 11.6 Å². The van der Waals surface area contributed by atoms with Crippen LogP contribution < -0.4 is 5.32 Å². The summed E-state index contributed by atoms with van der Waals surface area (Å²) in [6.07, 6.45) is 8.82. The first-order valence-corrected chi connectivity index (χ1v) is 8.08. The Morgan fingerprint density at radius 1 is 1.20 bits per heavy atom. The topological polar surface area (TPSA) is 12.0 Å². The number of benzene rings is 1. The van der Waals surface area contributed by atoms with Crippen LogP contribution in [-0.2, 0) is 5.41 Å². The van der Waals surface area contributed by atoms with Crippen LogP contribution in [0.2, 0.25) is 5.02 Å². The Hall–Kier alpha value is -0.600. The van der Waals surface area contributed by atoms with Crippen molar-refractivity contribution in [2.24, 2.45) is 5.41 Å². The number of hydrogen-bond donors (Lipinski definition) is 1. The second kappa shape index (κ2) is 5.31. The molecule has 3 rings (SSSR count). The molecule has 1 N–H and O–H groups in total. The minimum atomic E-state index is -0.140. The molecule has 1 aromatic rings. The lowest BCUT2D eigenvalue weighted by molar-refractivity contribution is -0.0135. The quantitative estimate of drug-likeness (QED) is 0.854. The molecule has 0 aromatic heterocycles. The average molecular weight is 296 g/mol. The Bertz CT molecular complexity index is 466. The van der Waals surface area contributed by atoms with Crippen LogP contribution in [0, 0.1) is 11.2 Å². The number of hydrogen-bond acceptors (Lipinski definition) is 1. The molecule has 2 aliphatic carbocycles. The first-order valence-electron chi connectivity index (χ1n) is 7.70. The van der Waals surface area contributed by atoms with Crippen LogP contribution in [0.4, 0.5) is 4.39 Å². The summed E-state index contributed by atoms with van der Waals surface area (Å²) in [5, 5.41) is 3.85. The van der Waals surface area contributed by atoms with Crippen molar-refractivity contribution in [2.75, 3.05) is 13.6 Å². The number of rotatable bonds is 3. The van der Waals surface area contributed by atoms with Crippen molar-refractivity contribution in [3.63, 3.8) is 0 Å². The van der Waals surface area contributed by atoms with E-state index in [0.717, 1.165) is 24.9 Å². The number of halogens is 2. The molecule has 1 aromatic carbocycles. The molecule has 1 nitrogen and oxygen atoms in total. The van der Waals surface area contributed by atoms with Gasteiger partial charge in [-0.3, -0.25) is 0 Å². The van der Waals surface area contributed by atoms with Crippen molar-refractivity contribution in [1.82, 2.24) is 5.32 Å². The van der Waals surface area contributed by atoms with Crippen LogP contribution in [-0.4, -0.2) is 13.6 Å². The fourth-order valence-electron chi connectivity index (χ4n) is 4.77. The lowest BCUT2D eigenvalue weighted by Crippen LogP contribution is -2.55. The summed E-state index contributed by atoms with van der Waals surface area (Å²) in [6.45, 7) is 0.815. The predicted molar refractivity (Wildman–Crippen MR) is 81.8 cm³/mol. The van der Waals surface area contributed by atoms with Crippen LogP contribution in [0.15, 0.2) is 18.2 Å². The Morgan fingerprint density at radius 2 is 1.90 bits per heavy atom. The molecular formula is C17H23ClFN. The molecule has 20 heavy (non-hydrogen) atoms. The van der Waals surface area contributed by atoms with Gasteiger partial charge in [0.2, 0.25) is 0 Å². The van der Waals surface area contributed by atoms with Gasteiger partial charge in [-0.2, -0.15) is 0 Å². The minimum absolute atomic E-state index is 0.103. The van der Waals surface area contributed by atoms with E-state index >= 15 is 0 Å². The maximum Gasteiger partial charge on any atom is 0.128 e. The summed E-state index contributed by atoms with van der Waals surface area (Å²) in [7, 11) is 1.95. The summed E-state index contributed by atoms with van der Waals surface area (Å²) in [5.74, 6) is -0.140. The van der Waals surface area contributed by atoms with E-state index < -0.39 is 0 Å². The van der Waals surface area contributed by atoms with Crippen LogP contribution >= 0.6 is 11.6 Å². The van der Waals surface area contributed by atoms with Gasteiger partial charge in [0.15, 0.2) is 0 Å². The maximum absolute atomic E-state index is 14.3. The zero-order chi connectivity index (χ0) is 14.2. The molecule has 0 heterocycles. The standard InChI is InChI=1S/C17H23ClFN/c1-20-12-17(15-13(18)6-5-7-14(15)19)10-16(11-17)8-3-2-4-9-16/h5-7,20H,2-4,8-12H2,1H3. The smallest absolute Gasteiger partial charge is 0.128 e. The second-order valence-electron chi connectivity index (χ2n) is 6.82. The van der Waals surface area contributed by atoms with E-state index in [9.17, 15) is 4.39 Å². The second-order valence-corrected chi connectivity index (χ2v) is 7.23. The highest BCUT2D eigenvalue weighted by Crippen LogP contribution is 2.62. The van der Waals surface area contributed by atoms with Gasteiger partial charge in [-0.15, -0.1) is 0 Å². The van der Waals surface area contributed by atoms with Crippen LogP contribution in [0.3, 0.4) is 0 Å².